The van der Waals surface area contributed by atoms with Gasteiger partial charge in [0.25, 0.3) is 5.91 Å². The number of aliphatic hydroxyl groups is 1. The number of ether oxygens (including phenoxy) is 1. The summed E-state index contributed by atoms with van der Waals surface area (Å²) >= 11 is 5.95. The van der Waals surface area contributed by atoms with E-state index in [4.69, 9.17) is 20.9 Å². The minimum Gasteiger partial charge on any atom is -0.390 e. The number of benzene rings is 1. The molecule has 2 atom stereocenters. The predicted molar refractivity (Wildman–Crippen MR) is 109 cm³/mol. The average molecular weight is 431 g/mol. The SMILES string of the molecule is COCCNc1noc(-c2ccc(Cl)cc2)c1C(=O)N[C@@H]1CCNC[C@H]1O.Cl. The molecule has 10 heteroatoms. The Kier molecular flexibility index (Phi) is 8.53. The van der Waals surface area contributed by atoms with Crippen LogP contribution in [0.25, 0.3) is 11.3 Å². The maximum Gasteiger partial charge on any atom is 0.259 e. The van der Waals surface area contributed by atoms with Crippen LogP contribution in [0.3, 0.4) is 0 Å². The van der Waals surface area contributed by atoms with Crippen LogP contribution < -0.4 is 16.0 Å². The predicted octanol–water partition coefficient (Wildman–Crippen LogP) is 1.93. The second kappa shape index (κ2) is 10.6. The summed E-state index contributed by atoms with van der Waals surface area (Å²) in [6.45, 7) is 2.10. The third-order valence-corrected chi connectivity index (χ3v) is 4.64. The largest absolute Gasteiger partial charge is 0.390 e. The quantitative estimate of drug-likeness (QED) is 0.496. The molecule has 1 aromatic heterocycles. The molecule has 0 spiro atoms. The summed E-state index contributed by atoms with van der Waals surface area (Å²) in [5.74, 6) is 0.317. The molecule has 0 bridgehead atoms. The van der Waals surface area contributed by atoms with Crippen molar-refractivity contribution < 1.29 is 19.2 Å². The first kappa shape index (κ1) is 22.4. The van der Waals surface area contributed by atoms with E-state index in [-0.39, 0.29) is 24.4 Å². The molecular weight excluding hydrogens is 407 g/mol. The highest BCUT2D eigenvalue weighted by molar-refractivity contribution is 6.30. The van der Waals surface area contributed by atoms with E-state index in [1.807, 2.05) is 0 Å². The zero-order valence-electron chi connectivity index (χ0n) is 15.4. The number of carbonyl (C=O) groups excluding carboxylic acids is 1. The number of nitrogens with one attached hydrogen (secondary N) is 3. The Morgan fingerprint density at radius 3 is 2.86 bits per heavy atom. The molecule has 0 aliphatic carbocycles. The third kappa shape index (κ3) is 5.36. The number of halogens is 2. The van der Waals surface area contributed by atoms with Gasteiger partial charge >= 0.3 is 0 Å². The van der Waals surface area contributed by atoms with E-state index >= 15 is 0 Å². The van der Waals surface area contributed by atoms with Crippen LogP contribution in [0.4, 0.5) is 5.82 Å². The van der Waals surface area contributed by atoms with Gasteiger partial charge in [-0.25, -0.2) is 0 Å². The third-order valence-electron chi connectivity index (χ3n) is 4.39. The first-order valence-corrected chi connectivity index (χ1v) is 9.16. The Balaban J connectivity index is 0.00000280. The van der Waals surface area contributed by atoms with E-state index in [1.165, 1.54) is 0 Å². The smallest absolute Gasteiger partial charge is 0.259 e. The summed E-state index contributed by atoms with van der Waals surface area (Å²) in [5, 5.41) is 23.7. The first-order valence-electron chi connectivity index (χ1n) is 8.78. The second-order valence-electron chi connectivity index (χ2n) is 6.30. The van der Waals surface area contributed by atoms with E-state index in [0.29, 0.717) is 53.8 Å². The lowest BCUT2D eigenvalue weighted by atomic mass is 10.0. The van der Waals surface area contributed by atoms with Gasteiger partial charge in [0, 0.05) is 30.8 Å². The van der Waals surface area contributed by atoms with Crippen LogP contribution in [0.15, 0.2) is 28.8 Å². The molecule has 0 unspecified atom stereocenters. The Bertz CT molecular complexity index is 769. The Labute approximate surface area is 174 Å². The maximum absolute atomic E-state index is 13.0. The minimum absolute atomic E-state index is 0. The molecule has 3 rings (SSSR count). The lowest BCUT2D eigenvalue weighted by Gasteiger charge is -2.29. The highest BCUT2D eigenvalue weighted by Crippen LogP contribution is 2.30. The van der Waals surface area contributed by atoms with Crippen molar-refractivity contribution in [3.05, 3.63) is 34.9 Å². The number of carbonyl (C=O) groups is 1. The van der Waals surface area contributed by atoms with Crippen LogP contribution in [-0.4, -0.2) is 61.7 Å². The Morgan fingerprint density at radius 2 is 2.18 bits per heavy atom. The molecule has 0 radical (unpaired) electrons. The van der Waals surface area contributed by atoms with Crippen molar-refractivity contribution in [2.24, 2.45) is 0 Å². The maximum atomic E-state index is 13.0. The molecule has 2 aromatic rings. The Morgan fingerprint density at radius 1 is 1.43 bits per heavy atom. The van der Waals surface area contributed by atoms with Gasteiger partial charge in [-0.1, -0.05) is 16.8 Å². The molecule has 4 N–H and O–H groups in total. The zero-order valence-corrected chi connectivity index (χ0v) is 17.0. The average Bonchev–Trinajstić information content (AvgIpc) is 3.08. The van der Waals surface area contributed by atoms with E-state index in [1.54, 1.807) is 31.4 Å². The van der Waals surface area contributed by atoms with Gasteiger partial charge in [-0.05, 0) is 37.2 Å². The van der Waals surface area contributed by atoms with Crippen LogP contribution in [0.5, 0.6) is 0 Å². The number of rotatable bonds is 7. The zero-order chi connectivity index (χ0) is 19.2. The van der Waals surface area contributed by atoms with E-state index in [2.05, 4.69) is 21.1 Å². The molecule has 1 aromatic carbocycles. The van der Waals surface area contributed by atoms with E-state index in [9.17, 15) is 9.90 Å². The van der Waals surface area contributed by atoms with Crippen LogP contribution >= 0.6 is 24.0 Å². The first-order chi connectivity index (χ1) is 13.1. The molecule has 8 nitrogen and oxygen atoms in total. The monoisotopic (exact) mass is 430 g/mol. The highest BCUT2D eigenvalue weighted by Gasteiger charge is 2.29. The van der Waals surface area contributed by atoms with E-state index in [0.717, 1.165) is 6.54 Å². The van der Waals surface area contributed by atoms with Crippen molar-refractivity contribution in [2.45, 2.75) is 18.6 Å². The normalized spacial score (nSPS) is 19.0. The molecule has 2 heterocycles. The van der Waals surface area contributed by atoms with Crippen LogP contribution in [0.2, 0.25) is 5.02 Å². The molecule has 1 aliphatic heterocycles. The minimum atomic E-state index is -0.647. The van der Waals surface area contributed by atoms with Crippen molar-refractivity contribution in [1.82, 2.24) is 15.8 Å². The summed E-state index contributed by atoms with van der Waals surface area (Å²) in [5.41, 5.74) is 0.974. The molecule has 154 valence electrons. The molecule has 1 fully saturated rings. The number of amides is 1. The van der Waals surface area contributed by atoms with Crippen molar-refractivity contribution in [2.75, 3.05) is 38.7 Å². The summed E-state index contributed by atoms with van der Waals surface area (Å²) in [4.78, 5) is 13.0. The van der Waals surface area contributed by atoms with Gasteiger partial charge in [0.15, 0.2) is 11.6 Å². The summed E-state index contributed by atoms with van der Waals surface area (Å²) in [7, 11) is 1.59. The van der Waals surface area contributed by atoms with E-state index < -0.39 is 6.10 Å². The van der Waals surface area contributed by atoms with Gasteiger partial charge in [-0.15, -0.1) is 12.4 Å². The molecule has 1 aliphatic rings. The molecule has 28 heavy (non-hydrogen) atoms. The fourth-order valence-corrected chi connectivity index (χ4v) is 3.07. The fraction of sp³-hybridized carbons (Fsp3) is 0.444. The van der Waals surface area contributed by atoms with Crippen LogP contribution in [0, 0.1) is 0 Å². The summed E-state index contributed by atoms with van der Waals surface area (Å²) in [6, 6.07) is 6.62. The van der Waals surface area contributed by atoms with Crippen molar-refractivity contribution in [3.63, 3.8) is 0 Å². The molecule has 0 saturated carbocycles. The molecule has 1 amide bonds. The summed E-state index contributed by atoms with van der Waals surface area (Å²) in [6.07, 6.45) is -0.00703. The molecule has 1 saturated heterocycles. The standard InChI is InChI=1S/C18H23ClN4O4.ClH/c1-26-9-8-21-17-15(18(25)22-13-6-7-20-10-14(13)24)16(27-23-17)11-2-4-12(19)5-3-11;/h2-5,13-14,20,24H,6-10H2,1H3,(H,21,23)(H,22,25);1H/t13-,14-;/m1./s1. The van der Waals surface area contributed by atoms with Crippen molar-refractivity contribution >= 4 is 35.7 Å². The van der Waals surface area contributed by atoms with Crippen molar-refractivity contribution in [3.8, 4) is 11.3 Å². The van der Waals surface area contributed by atoms with Gasteiger partial charge in [0.2, 0.25) is 0 Å². The van der Waals surface area contributed by atoms with Crippen LogP contribution in [-0.2, 0) is 4.74 Å². The van der Waals surface area contributed by atoms with Gasteiger partial charge in [0.1, 0.15) is 5.56 Å². The topological polar surface area (TPSA) is 109 Å². The number of hydrogen-bond acceptors (Lipinski definition) is 7. The fourth-order valence-electron chi connectivity index (χ4n) is 2.94. The lowest BCUT2D eigenvalue weighted by molar-refractivity contribution is 0.0766. The number of methoxy groups -OCH3 is 1. The van der Waals surface area contributed by atoms with Crippen molar-refractivity contribution in [1.29, 1.82) is 0 Å². The second-order valence-corrected chi connectivity index (χ2v) is 6.74. The number of piperidine rings is 1. The number of aromatic nitrogens is 1. The number of hydrogen-bond donors (Lipinski definition) is 4. The van der Waals surface area contributed by atoms with Gasteiger partial charge in [-0.3, -0.25) is 4.79 Å². The lowest BCUT2D eigenvalue weighted by Crippen LogP contribution is -2.52. The van der Waals surface area contributed by atoms with Crippen LogP contribution in [0.1, 0.15) is 16.8 Å². The number of β-amino-alcohol motifs (C(OH)–C–C–N with tert-alkyl or cyclic N) is 1. The van der Waals surface area contributed by atoms with Gasteiger partial charge < -0.3 is 30.3 Å². The van der Waals surface area contributed by atoms with Gasteiger partial charge in [-0.2, -0.15) is 0 Å². The van der Waals surface area contributed by atoms with Gasteiger partial charge in [0.05, 0.1) is 18.8 Å². The molecular formula is C18H24Cl2N4O4. The highest BCUT2D eigenvalue weighted by atomic mass is 35.5. The number of anilines is 1. The number of nitrogens with zero attached hydrogens (tertiary/aromatic N) is 1. The summed E-state index contributed by atoms with van der Waals surface area (Å²) < 4.78 is 10.5. The Hall–Kier alpha value is -1.84. The number of aliphatic hydroxyl groups excluding tert-OH is 1.